The van der Waals surface area contributed by atoms with Crippen molar-refractivity contribution in [3.8, 4) is 11.5 Å². The lowest BCUT2D eigenvalue weighted by atomic mass is 10.0. The molecule has 0 fully saturated rings. The highest BCUT2D eigenvalue weighted by Crippen LogP contribution is 2.32. The van der Waals surface area contributed by atoms with Crippen LogP contribution in [0.15, 0.2) is 53.9 Å². The lowest BCUT2D eigenvalue weighted by molar-refractivity contribution is -0.115. The summed E-state index contributed by atoms with van der Waals surface area (Å²) >= 11 is 1.45. The van der Waals surface area contributed by atoms with Gasteiger partial charge in [-0.2, -0.15) is 0 Å². The van der Waals surface area contributed by atoms with Gasteiger partial charge in [0, 0.05) is 17.9 Å². The Labute approximate surface area is 185 Å². The standard InChI is InChI=1S/C24H24N2O4S/c1-29-20-10-7-16(13-21(20)30-2)14-23(27)25-18-8-9-19-17(15-18)5-3-11-26(19)24(28)22-6-4-12-31-22/h4,6-10,12-13,15H,3,5,11,14H2,1-2H3,(H,25,27). The highest BCUT2D eigenvalue weighted by atomic mass is 32.1. The Hall–Kier alpha value is -3.32. The molecule has 3 aromatic rings. The number of hydrogen-bond acceptors (Lipinski definition) is 5. The molecule has 0 saturated heterocycles. The van der Waals surface area contributed by atoms with Crippen molar-refractivity contribution in [2.24, 2.45) is 0 Å². The van der Waals surface area contributed by atoms with Crippen LogP contribution >= 0.6 is 11.3 Å². The summed E-state index contributed by atoms with van der Waals surface area (Å²) in [5.74, 6) is 1.13. The third-order valence-corrected chi connectivity index (χ3v) is 6.13. The Kier molecular flexibility index (Phi) is 6.23. The number of thiophene rings is 1. The van der Waals surface area contributed by atoms with Gasteiger partial charge in [-0.15, -0.1) is 11.3 Å². The number of carbonyl (C=O) groups excluding carboxylic acids is 2. The molecule has 31 heavy (non-hydrogen) atoms. The van der Waals surface area contributed by atoms with E-state index in [1.54, 1.807) is 26.4 Å². The summed E-state index contributed by atoms with van der Waals surface area (Å²) in [5.41, 5.74) is 3.55. The zero-order valence-corrected chi connectivity index (χ0v) is 18.3. The summed E-state index contributed by atoms with van der Waals surface area (Å²) in [4.78, 5) is 28.0. The molecule has 1 aliphatic rings. The fourth-order valence-corrected chi connectivity index (χ4v) is 4.47. The number of fused-ring (bicyclic) bond motifs is 1. The van der Waals surface area contributed by atoms with Crippen molar-refractivity contribution >= 4 is 34.5 Å². The van der Waals surface area contributed by atoms with E-state index in [0.29, 0.717) is 18.0 Å². The minimum atomic E-state index is -0.116. The van der Waals surface area contributed by atoms with E-state index in [4.69, 9.17) is 9.47 Å². The van der Waals surface area contributed by atoms with Crippen molar-refractivity contribution in [2.45, 2.75) is 19.3 Å². The summed E-state index contributed by atoms with van der Waals surface area (Å²) in [7, 11) is 3.15. The smallest absolute Gasteiger partial charge is 0.268 e. The van der Waals surface area contributed by atoms with E-state index in [0.717, 1.165) is 40.2 Å². The summed E-state index contributed by atoms with van der Waals surface area (Å²) in [6, 6.07) is 14.9. The number of nitrogens with one attached hydrogen (secondary N) is 1. The summed E-state index contributed by atoms with van der Waals surface area (Å²) in [6.07, 6.45) is 2.00. The van der Waals surface area contributed by atoms with Crippen molar-refractivity contribution in [1.29, 1.82) is 0 Å². The number of carbonyl (C=O) groups is 2. The van der Waals surface area contributed by atoms with Crippen LogP contribution in [0.25, 0.3) is 0 Å². The Morgan fingerprint density at radius 2 is 1.90 bits per heavy atom. The van der Waals surface area contributed by atoms with Crippen molar-refractivity contribution in [3.05, 3.63) is 69.9 Å². The number of rotatable bonds is 6. The molecule has 0 saturated carbocycles. The molecule has 2 aromatic carbocycles. The Morgan fingerprint density at radius 3 is 2.65 bits per heavy atom. The van der Waals surface area contributed by atoms with Crippen LogP contribution in [0.4, 0.5) is 11.4 Å². The zero-order chi connectivity index (χ0) is 21.8. The molecule has 160 valence electrons. The third kappa shape index (κ3) is 4.56. The lowest BCUT2D eigenvalue weighted by Crippen LogP contribution is -2.35. The zero-order valence-electron chi connectivity index (χ0n) is 17.5. The predicted molar refractivity (Wildman–Crippen MR) is 123 cm³/mol. The van der Waals surface area contributed by atoms with E-state index < -0.39 is 0 Å². The minimum Gasteiger partial charge on any atom is -0.493 e. The molecule has 0 unspecified atom stereocenters. The van der Waals surface area contributed by atoms with Crippen molar-refractivity contribution in [2.75, 3.05) is 31.0 Å². The molecule has 2 heterocycles. The van der Waals surface area contributed by atoms with E-state index in [1.807, 2.05) is 46.7 Å². The number of hydrogen-bond donors (Lipinski definition) is 1. The highest BCUT2D eigenvalue weighted by molar-refractivity contribution is 7.12. The van der Waals surface area contributed by atoms with Crippen LogP contribution < -0.4 is 19.7 Å². The van der Waals surface area contributed by atoms with E-state index in [-0.39, 0.29) is 18.2 Å². The van der Waals surface area contributed by atoms with Gasteiger partial charge in [0.2, 0.25) is 5.91 Å². The molecule has 0 bridgehead atoms. The maximum atomic E-state index is 12.8. The van der Waals surface area contributed by atoms with Gasteiger partial charge in [-0.1, -0.05) is 12.1 Å². The number of benzene rings is 2. The van der Waals surface area contributed by atoms with Gasteiger partial charge in [0.15, 0.2) is 11.5 Å². The molecule has 0 atom stereocenters. The molecule has 7 heteroatoms. The molecule has 1 aromatic heterocycles. The number of anilines is 2. The van der Waals surface area contributed by atoms with Crippen molar-refractivity contribution in [1.82, 2.24) is 0 Å². The maximum Gasteiger partial charge on any atom is 0.268 e. The van der Waals surface area contributed by atoms with Gasteiger partial charge < -0.3 is 19.7 Å². The molecule has 1 aliphatic heterocycles. The number of nitrogens with zero attached hydrogens (tertiary/aromatic N) is 1. The van der Waals surface area contributed by atoms with Crippen molar-refractivity contribution in [3.63, 3.8) is 0 Å². The molecule has 4 rings (SSSR count). The van der Waals surface area contributed by atoms with E-state index in [2.05, 4.69) is 5.32 Å². The second-order valence-electron chi connectivity index (χ2n) is 7.30. The second-order valence-corrected chi connectivity index (χ2v) is 8.24. The van der Waals surface area contributed by atoms with Gasteiger partial charge in [0.25, 0.3) is 5.91 Å². The fourth-order valence-electron chi connectivity index (χ4n) is 3.80. The van der Waals surface area contributed by atoms with Crippen LogP contribution in [0.3, 0.4) is 0 Å². The lowest BCUT2D eigenvalue weighted by Gasteiger charge is -2.29. The first-order chi connectivity index (χ1) is 15.1. The first-order valence-electron chi connectivity index (χ1n) is 10.1. The van der Waals surface area contributed by atoms with Gasteiger partial charge in [-0.3, -0.25) is 9.59 Å². The largest absolute Gasteiger partial charge is 0.493 e. The SMILES string of the molecule is COc1ccc(CC(=O)Nc2ccc3c(c2)CCCN3C(=O)c2cccs2)cc1OC. The van der Waals surface area contributed by atoms with Crippen LogP contribution in [-0.4, -0.2) is 32.6 Å². The van der Waals surface area contributed by atoms with Gasteiger partial charge >= 0.3 is 0 Å². The molecular weight excluding hydrogens is 412 g/mol. The molecular formula is C24H24N2O4S. The number of methoxy groups -OCH3 is 2. The number of amides is 2. The molecule has 2 amide bonds. The Morgan fingerprint density at radius 1 is 1.06 bits per heavy atom. The van der Waals surface area contributed by atoms with Crippen LogP contribution in [0, 0.1) is 0 Å². The second kappa shape index (κ2) is 9.22. The molecule has 0 radical (unpaired) electrons. The van der Waals surface area contributed by atoms with Gasteiger partial charge in [0.05, 0.1) is 25.5 Å². The first-order valence-corrected chi connectivity index (χ1v) is 11.0. The van der Waals surface area contributed by atoms with E-state index >= 15 is 0 Å². The number of aryl methyl sites for hydroxylation is 1. The average molecular weight is 437 g/mol. The summed E-state index contributed by atoms with van der Waals surface area (Å²) < 4.78 is 10.5. The minimum absolute atomic E-state index is 0.0289. The summed E-state index contributed by atoms with van der Waals surface area (Å²) in [6.45, 7) is 0.703. The van der Waals surface area contributed by atoms with E-state index in [9.17, 15) is 9.59 Å². The quantitative estimate of drug-likeness (QED) is 0.616. The Bertz CT molecular complexity index is 1090. The average Bonchev–Trinajstić information content (AvgIpc) is 3.33. The highest BCUT2D eigenvalue weighted by Gasteiger charge is 2.24. The predicted octanol–water partition coefficient (Wildman–Crippen LogP) is 4.54. The maximum absolute atomic E-state index is 12.8. The van der Waals surface area contributed by atoms with Crippen molar-refractivity contribution < 1.29 is 19.1 Å². The monoisotopic (exact) mass is 436 g/mol. The molecule has 6 nitrogen and oxygen atoms in total. The molecule has 0 aliphatic carbocycles. The molecule has 1 N–H and O–H groups in total. The normalized spacial score (nSPS) is 12.8. The number of ether oxygens (including phenoxy) is 2. The molecule has 0 spiro atoms. The summed E-state index contributed by atoms with van der Waals surface area (Å²) in [5, 5.41) is 4.88. The van der Waals surface area contributed by atoms with Gasteiger partial charge in [0.1, 0.15) is 0 Å². The van der Waals surface area contributed by atoms with Crippen LogP contribution in [-0.2, 0) is 17.6 Å². The topological polar surface area (TPSA) is 67.9 Å². The van der Waals surface area contributed by atoms with Gasteiger partial charge in [-0.25, -0.2) is 0 Å². The fraction of sp³-hybridized carbons (Fsp3) is 0.250. The Balaban J connectivity index is 1.47. The van der Waals surface area contributed by atoms with E-state index in [1.165, 1.54) is 11.3 Å². The van der Waals surface area contributed by atoms with Crippen LogP contribution in [0.1, 0.15) is 27.2 Å². The third-order valence-electron chi connectivity index (χ3n) is 5.27. The first kappa shape index (κ1) is 20.9. The van der Waals surface area contributed by atoms with Crippen LogP contribution in [0.5, 0.6) is 11.5 Å². The van der Waals surface area contributed by atoms with Crippen LogP contribution in [0.2, 0.25) is 0 Å². The van der Waals surface area contributed by atoms with Gasteiger partial charge in [-0.05, 0) is 65.7 Å².